The zero-order chi connectivity index (χ0) is 12.4. The molecule has 2 rings (SSSR count). The highest BCUT2D eigenvalue weighted by atomic mass is 35.5. The molecule has 0 aliphatic carbocycles. The summed E-state index contributed by atoms with van der Waals surface area (Å²) >= 11 is 7.14. The lowest BCUT2D eigenvalue weighted by molar-refractivity contribution is 0.102. The number of amides is 1. The molecule has 0 saturated carbocycles. The van der Waals surface area contributed by atoms with Gasteiger partial charge in [0.1, 0.15) is 5.82 Å². The molecule has 2 aromatic rings. The zero-order valence-corrected chi connectivity index (χ0v) is 10.5. The first-order valence-corrected chi connectivity index (χ1v) is 5.96. The van der Waals surface area contributed by atoms with Crippen molar-refractivity contribution in [2.45, 2.75) is 6.92 Å². The van der Waals surface area contributed by atoms with Crippen LogP contribution >= 0.6 is 22.9 Å². The van der Waals surface area contributed by atoms with Gasteiger partial charge in [-0.15, -0.1) is 11.3 Å². The van der Waals surface area contributed by atoms with Crippen LogP contribution in [-0.2, 0) is 0 Å². The van der Waals surface area contributed by atoms with Gasteiger partial charge in [-0.3, -0.25) is 10.1 Å². The summed E-state index contributed by atoms with van der Waals surface area (Å²) in [5, 5.41) is 5.31. The van der Waals surface area contributed by atoms with E-state index in [9.17, 15) is 4.79 Å². The summed E-state index contributed by atoms with van der Waals surface area (Å²) in [7, 11) is 0. The molecule has 3 N–H and O–H groups in total. The van der Waals surface area contributed by atoms with Crippen LogP contribution in [0.5, 0.6) is 0 Å². The first kappa shape index (κ1) is 11.8. The van der Waals surface area contributed by atoms with Crippen LogP contribution in [0.2, 0.25) is 5.02 Å². The summed E-state index contributed by atoms with van der Waals surface area (Å²) in [5.74, 6) is -0.109. The van der Waals surface area contributed by atoms with Crippen molar-refractivity contribution < 1.29 is 4.79 Å². The molecule has 0 spiro atoms. The number of nitrogens with two attached hydrogens (primary N) is 1. The maximum atomic E-state index is 11.8. The van der Waals surface area contributed by atoms with Gasteiger partial charge in [0.2, 0.25) is 0 Å². The number of hydrogen-bond acceptors (Lipinski definition) is 5. The Bertz CT molecular complexity index is 569. The lowest BCUT2D eigenvalue weighted by atomic mass is 10.2. The van der Waals surface area contributed by atoms with Gasteiger partial charge in [0, 0.05) is 11.6 Å². The number of aromatic nitrogens is 2. The van der Waals surface area contributed by atoms with Crippen LogP contribution in [0.25, 0.3) is 0 Å². The summed E-state index contributed by atoms with van der Waals surface area (Å²) in [6, 6.07) is 1.47. The molecule has 0 bridgehead atoms. The summed E-state index contributed by atoms with van der Waals surface area (Å²) in [6.07, 6.45) is 1.37. The Balaban J connectivity index is 2.17. The SMILES string of the molecule is Cc1csc(NC(=O)c2cnc(N)c(Cl)c2)n1. The molecule has 0 saturated heterocycles. The van der Waals surface area contributed by atoms with Gasteiger partial charge >= 0.3 is 0 Å². The fraction of sp³-hybridized carbons (Fsp3) is 0.100. The summed E-state index contributed by atoms with van der Waals surface area (Å²) < 4.78 is 0. The second kappa shape index (κ2) is 4.68. The minimum Gasteiger partial charge on any atom is -0.382 e. The standard InChI is InChI=1S/C10H9ClN4OS/c1-5-4-17-10(14-5)15-9(16)6-2-7(11)8(12)13-3-6/h2-4H,1H3,(H2,12,13)(H,14,15,16). The van der Waals surface area contributed by atoms with Gasteiger partial charge in [0.25, 0.3) is 5.91 Å². The quantitative estimate of drug-likeness (QED) is 0.876. The van der Waals surface area contributed by atoms with Gasteiger partial charge in [0.05, 0.1) is 16.3 Å². The molecule has 5 nitrogen and oxygen atoms in total. The number of nitrogen functional groups attached to an aromatic ring is 1. The van der Waals surface area contributed by atoms with Crippen LogP contribution in [-0.4, -0.2) is 15.9 Å². The minimum absolute atomic E-state index is 0.202. The number of pyridine rings is 1. The third kappa shape index (κ3) is 2.72. The predicted molar refractivity (Wildman–Crippen MR) is 68.5 cm³/mol. The van der Waals surface area contributed by atoms with E-state index in [-0.39, 0.29) is 16.7 Å². The third-order valence-electron chi connectivity index (χ3n) is 1.97. The van der Waals surface area contributed by atoms with Crippen molar-refractivity contribution >= 4 is 39.8 Å². The van der Waals surface area contributed by atoms with Crippen LogP contribution in [0.3, 0.4) is 0 Å². The van der Waals surface area contributed by atoms with E-state index in [0.29, 0.717) is 10.7 Å². The van der Waals surface area contributed by atoms with Gasteiger partial charge < -0.3 is 5.73 Å². The largest absolute Gasteiger partial charge is 0.382 e. The average Bonchev–Trinajstić information content (AvgIpc) is 2.68. The number of nitrogens with zero attached hydrogens (tertiary/aromatic N) is 2. The van der Waals surface area contributed by atoms with E-state index in [1.54, 1.807) is 0 Å². The van der Waals surface area contributed by atoms with E-state index in [4.69, 9.17) is 17.3 Å². The topological polar surface area (TPSA) is 80.9 Å². The molecule has 0 radical (unpaired) electrons. The molecule has 88 valence electrons. The van der Waals surface area contributed by atoms with Crippen molar-refractivity contribution in [1.29, 1.82) is 0 Å². The van der Waals surface area contributed by atoms with Gasteiger partial charge in [-0.25, -0.2) is 9.97 Å². The van der Waals surface area contributed by atoms with Crippen molar-refractivity contribution in [3.63, 3.8) is 0 Å². The van der Waals surface area contributed by atoms with E-state index < -0.39 is 0 Å². The highest BCUT2D eigenvalue weighted by Gasteiger charge is 2.10. The average molecular weight is 269 g/mol. The van der Waals surface area contributed by atoms with E-state index in [0.717, 1.165) is 5.69 Å². The molecular formula is C10H9ClN4OS. The predicted octanol–water partition coefficient (Wildman–Crippen LogP) is 2.33. The van der Waals surface area contributed by atoms with Crippen molar-refractivity contribution in [2.75, 3.05) is 11.1 Å². The van der Waals surface area contributed by atoms with Crippen LogP contribution < -0.4 is 11.1 Å². The van der Waals surface area contributed by atoms with Crippen LogP contribution in [0.15, 0.2) is 17.6 Å². The summed E-state index contributed by atoms with van der Waals surface area (Å²) in [5.41, 5.74) is 6.66. The van der Waals surface area contributed by atoms with Crippen LogP contribution in [0.1, 0.15) is 16.1 Å². The molecule has 7 heteroatoms. The Morgan fingerprint density at radius 1 is 1.59 bits per heavy atom. The third-order valence-corrected chi connectivity index (χ3v) is 3.15. The molecule has 0 atom stereocenters. The fourth-order valence-corrected chi connectivity index (χ4v) is 2.00. The first-order chi connectivity index (χ1) is 8.06. The number of aryl methyl sites for hydroxylation is 1. The van der Waals surface area contributed by atoms with Gasteiger partial charge in [-0.05, 0) is 13.0 Å². The number of thiazole rings is 1. The second-order valence-electron chi connectivity index (χ2n) is 3.34. The van der Waals surface area contributed by atoms with Crippen molar-refractivity contribution in [1.82, 2.24) is 9.97 Å². The molecular weight excluding hydrogens is 260 g/mol. The molecule has 0 aromatic carbocycles. The highest BCUT2D eigenvalue weighted by molar-refractivity contribution is 7.13. The molecule has 1 amide bonds. The van der Waals surface area contributed by atoms with E-state index in [1.165, 1.54) is 23.6 Å². The zero-order valence-electron chi connectivity index (χ0n) is 8.90. The number of rotatable bonds is 2. The molecule has 0 unspecified atom stereocenters. The smallest absolute Gasteiger partial charge is 0.259 e. The van der Waals surface area contributed by atoms with Crippen molar-refractivity contribution in [2.24, 2.45) is 0 Å². The monoisotopic (exact) mass is 268 g/mol. The van der Waals surface area contributed by atoms with E-state index >= 15 is 0 Å². The Morgan fingerprint density at radius 2 is 2.35 bits per heavy atom. The van der Waals surface area contributed by atoms with Gasteiger partial charge in [-0.2, -0.15) is 0 Å². The minimum atomic E-state index is -0.311. The number of halogens is 1. The van der Waals surface area contributed by atoms with Gasteiger partial charge in [0.15, 0.2) is 5.13 Å². The lowest BCUT2D eigenvalue weighted by Crippen LogP contribution is -2.12. The van der Waals surface area contributed by atoms with Gasteiger partial charge in [-0.1, -0.05) is 11.6 Å². The molecule has 0 aliphatic rings. The Kier molecular flexibility index (Phi) is 3.26. The van der Waals surface area contributed by atoms with E-state index in [2.05, 4.69) is 15.3 Å². The summed E-state index contributed by atoms with van der Waals surface area (Å²) in [4.78, 5) is 19.7. The number of carbonyl (C=O) groups is 1. The highest BCUT2D eigenvalue weighted by Crippen LogP contribution is 2.19. The molecule has 0 fully saturated rings. The second-order valence-corrected chi connectivity index (χ2v) is 4.60. The molecule has 2 heterocycles. The first-order valence-electron chi connectivity index (χ1n) is 4.71. The fourth-order valence-electron chi connectivity index (χ4n) is 1.15. The molecule has 17 heavy (non-hydrogen) atoms. The Labute approximate surface area is 107 Å². The molecule has 2 aromatic heterocycles. The number of nitrogens with one attached hydrogen (secondary N) is 1. The number of hydrogen-bond donors (Lipinski definition) is 2. The number of anilines is 2. The number of carbonyl (C=O) groups excluding carboxylic acids is 1. The normalized spacial score (nSPS) is 10.2. The lowest BCUT2D eigenvalue weighted by Gasteiger charge is -2.02. The van der Waals surface area contributed by atoms with Crippen LogP contribution in [0, 0.1) is 6.92 Å². The Hall–Kier alpha value is -1.66. The molecule has 0 aliphatic heterocycles. The van der Waals surface area contributed by atoms with Crippen molar-refractivity contribution in [3.05, 3.63) is 33.9 Å². The van der Waals surface area contributed by atoms with Crippen LogP contribution in [0.4, 0.5) is 10.9 Å². The Morgan fingerprint density at radius 3 is 2.94 bits per heavy atom. The maximum absolute atomic E-state index is 11.8. The van der Waals surface area contributed by atoms with E-state index in [1.807, 2.05) is 12.3 Å². The summed E-state index contributed by atoms with van der Waals surface area (Å²) in [6.45, 7) is 1.85. The maximum Gasteiger partial charge on any atom is 0.259 e. The van der Waals surface area contributed by atoms with Crippen molar-refractivity contribution in [3.8, 4) is 0 Å².